The van der Waals surface area contributed by atoms with Crippen molar-refractivity contribution in [2.24, 2.45) is 0 Å². The van der Waals surface area contributed by atoms with Crippen molar-refractivity contribution in [3.8, 4) is 0 Å². The lowest BCUT2D eigenvalue weighted by atomic mass is 10.4. The van der Waals surface area contributed by atoms with Gasteiger partial charge in [-0.3, -0.25) is 0 Å². The molecule has 0 radical (unpaired) electrons. The number of hydrogen-bond donors (Lipinski definition) is 8. The van der Waals surface area contributed by atoms with Gasteiger partial charge in [0, 0.05) is 41.5 Å². The maximum absolute atomic E-state index is 12.5. The first-order chi connectivity index (χ1) is 34.5. The molecule has 1 aliphatic rings. The van der Waals surface area contributed by atoms with E-state index in [0.717, 1.165) is 0 Å². The van der Waals surface area contributed by atoms with Gasteiger partial charge in [-0.2, -0.15) is 0 Å². The summed E-state index contributed by atoms with van der Waals surface area (Å²) in [5.41, 5.74) is 0. The Labute approximate surface area is 423 Å². The van der Waals surface area contributed by atoms with Crippen LogP contribution in [-0.4, -0.2) is 109 Å². The molecule has 0 bridgehead atoms. The van der Waals surface area contributed by atoms with Gasteiger partial charge in [0.25, 0.3) is 0 Å². The predicted octanol–water partition coefficient (Wildman–Crippen LogP) is -1.16. The Balaban J connectivity index is 1.44. The highest BCUT2D eigenvalue weighted by atomic mass is 28.6. The van der Waals surface area contributed by atoms with Gasteiger partial charge in [-0.25, -0.2) is 0 Å². The lowest BCUT2D eigenvalue weighted by molar-refractivity contribution is 0.0679. The highest BCUT2D eigenvalue weighted by Crippen LogP contribution is 2.37. The first-order valence-corrected chi connectivity index (χ1v) is 36.4. The second-order valence-electron chi connectivity index (χ2n) is 16.4. The second kappa shape index (κ2) is 21.0. The first-order valence-electron chi connectivity index (χ1n) is 22.3. The summed E-state index contributed by atoms with van der Waals surface area (Å²) >= 11 is 0. The Bertz CT molecular complexity index is 2580. The Kier molecular flexibility index (Phi) is 15.1. The number of hydrogen-bond acceptors (Lipinski definition) is 16. The zero-order valence-corrected chi connectivity index (χ0v) is 45.9. The Morgan fingerprint density at radius 2 is 0.361 bits per heavy atom. The van der Waals surface area contributed by atoms with E-state index in [1.54, 1.807) is 146 Å². The third-order valence-electron chi connectivity index (χ3n) is 11.3. The average molecular weight is 1110 g/mol. The standard InChI is InChI=1S/C48H48O16Si8/c49-65(50,41-25-9-1-10-26-41)57-69(45-33-17-5-18-34-45)61-70(46-35-19-6-20-36-46,58-66(51,52)42-27-11-2-12-28-42)63-72(48-39-23-8-24-40-48,60-68(55,56)44-31-15-4-16-32-44)64-71(62-69,47-37-21-7-22-38-47)59-67(53,54)43-29-13-3-14-30-43/h1-40,49-56H. The fourth-order valence-corrected chi connectivity index (χ4v) is 38.4. The quantitative estimate of drug-likeness (QED) is 0.0534. The van der Waals surface area contributed by atoms with Crippen LogP contribution in [0.4, 0.5) is 0 Å². The molecular formula is C48H48O16Si8. The molecule has 0 aromatic heterocycles. The van der Waals surface area contributed by atoms with E-state index in [9.17, 15) is 38.4 Å². The van der Waals surface area contributed by atoms with Crippen LogP contribution >= 0.6 is 0 Å². The highest BCUT2D eigenvalue weighted by Gasteiger charge is 2.76. The predicted molar refractivity (Wildman–Crippen MR) is 281 cm³/mol. The van der Waals surface area contributed by atoms with Crippen molar-refractivity contribution >= 4 is 112 Å². The molecule has 24 heteroatoms. The van der Waals surface area contributed by atoms with Crippen molar-refractivity contribution in [1.82, 2.24) is 0 Å². The monoisotopic (exact) mass is 1100 g/mol. The summed E-state index contributed by atoms with van der Waals surface area (Å²) in [5.74, 6) is 0. The molecule has 0 saturated carbocycles. The van der Waals surface area contributed by atoms with Crippen LogP contribution in [0.3, 0.4) is 0 Å². The zero-order chi connectivity index (χ0) is 50.6. The van der Waals surface area contributed by atoms with E-state index in [1.165, 1.54) is 97.1 Å². The van der Waals surface area contributed by atoms with Crippen LogP contribution in [-0.2, 0) is 32.9 Å². The molecule has 368 valence electrons. The van der Waals surface area contributed by atoms with E-state index in [1.807, 2.05) is 0 Å². The van der Waals surface area contributed by atoms with Gasteiger partial charge < -0.3 is 71.3 Å². The van der Waals surface area contributed by atoms with Gasteiger partial charge in [-0.05, 0) is 0 Å². The van der Waals surface area contributed by atoms with Crippen molar-refractivity contribution < 1.29 is 71.3 Å². The van der Waals surface area contributed by atoms with Crippen LogP contribution in [0.1, 0.15) is 0 Å². The third-order valence-corrected chi connectivity index (χ3v) is 37.2. The minimum atomic E-state index is -5.65. The third kappa shape index (κ3) is 11.0. The van der Waals surface area contributed by atoms with Crippen molar-refractivity contribution in [1.29, 1.82) is 0 Å². The van der Waals surface area contributed by atoms with Gasteiger partial charge in [0.1, 0.15) is 0 Å². The second-order valence-corrected chi connectivity index (χ2v) is 36.9. The summed E-state index contributed by atoms with van der Waals surface area (Å²) in [6.45, 7) is 0. The molecule has 8 aromatic carbocycles. The largest absolute Gasteiger partial charge is 0.524 e. The minimum absolute atomic E-state index is 0.0150. The van der Waals surface area contributed by atoms with E-state index in [2.05, 4.69) is 0 Å². The summed E-state index contributed by atoms with van der Waals surface area (Å²) in [7, 11) is -44.2. The van der Waals surface area contributed by atoms with Crippen LogP contribution in [0, 0.1) is 0 Å². The zero-order valence-electron chi connectivity index (χ0n) is 37.9. The van der Waals surface area contributed by atoms with E-state index < -0.39 is 70.4 Å². The summed E-state index contributed by atoms with van der Waals surface area (Å²) in [5, 5.41) is -0.412. The van der Waals surface area contributed by atoms with E-state index >= 15 is 0 Å². The average Bonchev–Trinajstić information content (AvgIpc) is 3.40. The van der Waals surface area contributed by atoms with Gasteiger partial charge in [0.15, 0.2) is 0 Å². The highest BCUT2D eigenvalue weighted by molar-refractivity contribution is 7.06. The Hall–Kier alpha value is -5.14. The molecule has 0 aliphatic carbocycles. The van der Waals surface area contributed by atoms with Crippen molar-refractivity contribution in [2.75, 3.05) is 0 Å². The minimum Gasteiger partial charge on any atom is -0.387 e. The van der Waals surface area contributed by atoms with E-state index in [-0.39, 0.29) is 41.5 Å². The molecule has 0 unspecified atom stereocenters. The molecule has 8 aromatic rings. The molecule has 0 amide bonds. The van der Waals surface area contributed by atoms with Crippen molar-refractivity contribution in [2.45, 2.75) is 0 Å². The van der Waals surface area contributed by atoms with Crippen LogP contribution in [0.5, 0.6) is 0 Å². The fraction of sp³-hybridized carbons (Fsp3) is 0. The van der Waals surface area contributed by atoms with Gasteiger partial charge in [0.05, 0.1) is 0 Å². The fourth-order valence-electron chi connectivity index (χ4n) is 7.84. The van der Waals surface area contributed by atoms with Gasteiger partial charge in [0.2, 0.25) is 0 Å². The summed E-state index contributed by atoms with van der Waals surface area (Å²) in [6, 6.07) is 61.9. The first kappa shape index (κ1) is 51.7. The molecule has 16 nitrogen and oxygen atoms in total. The van der Waals surface area contributed by atoms with Crippen LogP contribution < -0.4 is 41.5 Å². The Morgan fingerprint density at radius 3 is 0.514 bits per heavy atom. The lowest BCUT2D eigenvalue weighted by Crippen LogP contribution is -2.87. The SMILES string of the molecule is O[Si](O)(O[Si]1(c2ccccc2)O[Si](O[Si](O)(O)c2ccccc2)(c2ccccc2)O[Si](O[Si](O)(O)c2ccccc2)(c2ccccc2)O[Si](O[Si](O)(O)c2ccccc2)(c2ccccc2)O1)c1ccccc1. The molecule has 1 aliphatic heterocycles. The Morgan fingerprint density at radius 1 is 0.222 bits per heavy atom. The number of rotatable bonds is 16. The molecular weight excluding hydrogens is 1060 g/mol. The topological polar surface area (TPSA) is 236 Å². The molecule has 1 fully saturated rings. The maximum Gasteiger partial charge on any atom is 0.524 e. The van der Waals surface area contributed by atoms with Crippen molar-refractivity contribution in [3.05, 3.63) is 243 Å². The van der Waals surface area contributed by atoms with E-state index in [0.29, 0.717) is 0 Å². The van der Waals surface area contributed by atoms with Gasteiger partial charge in [-0.1, -0.05) is 243 Å². The molecule has 0 atom stereocenters. The van der Waals surface area contributed by atoms with Crippen LogP contribution in [0.2, 0.25) is 0 Å². The summed E-state index contributed by atoms with van der Waals surface area (Å²) < 4.78 is 57.2. The summed E-state index contributed by atoms with van der Waals surface area (Å²) in [4.78, 5) is 100. The summed E-state index contributed by atoms with van der Waals surface area (Å²) in [6.07, 6.45) is 0. The van der Waals surface area contributed by atoms with Gasteiger partial charge in [-0.15, -0.1) is 0 Å². The smallest absolute Gasteiger partial charge is 0.387 e. The van der Waals surface area contributed by atoms with Crippen molar-refractivity contribution in [3.63, 3.8) is 0 Å². The number of benzene rings is 8. The molecule has 8 N–H and O–H groups in total. The molecule has 72 heavy (non-hydrogen) atoms. The molecule has 0 spiro atoms. The molecule has 1 saturated heterocycles. The lowest BCUT2D eigenvalue weighted by Gasteiger charge is -2.52. The molecule has 1 heterocycles. The van der Waals surface area contributed by atoms with Crippen LogP contribution in [0.15, 0.2) is 243 Å². The normalized spacial score (nSPS) is 22.1. The van der Waals surface area contributed by atoms with Crippen LogP contribution in [0.25, 0.3) is 0 Å². The maximum atomic E-state index is 12.5. The van der Waals surface area contributed by atoms with E-state index in [4.69, 9.17) is 32.9 Å². The van der Waals surface area contributed by atoms with Gasteiger partial charge >= 0.3 is 70.4 Å². The molecule has 9 rings (SSSR count).